The standard InChI is InChI=1S/C17H22N2O2/c1-14-13-18(2)10-6-11-19(14)17(21)16-9-4-3-7-15(16)8-5-12-20/h3-4,7,9,14,20H,6,10-13H2,1-2H3. The van der Waals surface area contributed by atoms with E-state index >= 15 is 0 Å². The third-order valence-corrected chi connectivity index (χ3v) is 3.77. The Morgan fingerprint density at radius 2 is 2.14 bits per heavy atom. The van der Waals surface area contributed by atoms with E-state index < -0.39 is 0 Å². The van der Waals surface area contributed by atoms with Gasteiger partial charge in [-0.05, 0) is 39.1 Å². The summed E-state index contributed by atoms with van der Waals surface area (Å²) in [7, 11) is 2.09. The first-order chi connectivity index (χ1) is 10.1. The van der Waals surface area contributed by atoms with Gasteiger partial charge in [-0.25, -0.2) is 0 Å². The van der Waals surface area contributed by atoms with Crippen LogP contribution in [-0.2, 0) is 0 Å². The predicted molar refractivity (Wildman–Crippen MR) is 83.0 cm³/mol. The Kier molecular flexibility index (Phi) is 5.38. The van der Waals surface area contributed by atoms with Gasteiger partial charge in [-0.3, -0.25) is 4.79 Å². The summed E-state index contributed by atoms with van der Waals surface area (Å²) >= 11 is 0. The maximum absolute atomic E-state index is 12.8. The number of benzene rings is 1. The van der Waals surface area contributed by atoms with Gasteiger partial charge < -0.3 is 14.9 Å². The molecule has 1 N–H and O–H groups in total. The number of nitrogens with zero attached hydrogens (tertiary/aromatic N) is 2. The molecule has 1 aliphatic heterocycles. The highest BCUT2D eigenvalue weighted by atomic mass is 16.2. The molecule has 21 heavy (non-hydrogen) atoms. The van der Waals surface area contributed by atoms with Crippen molar-refractivity contribution in [1.29, 1.82) is 0 Å². The lowest BCUT2D eigenvalue weighted by molar-refractivity contribution is 0.0696. The smallest absolute Gasteiger partial charge is 0.255 e. The van der Waals surface area contributed by atoms with E-state index in [0.717, 1.165) is 26.1 Å². The Morgan fingerprint density at radius 1 is 1.38 bits per heavy atom. The lowest BCUT2D eigenvalue weighted by atomic mass is 10.1. The Bertz CT molecular complexity index is 559. The van der Waals surface area contributed by atoms with Crippen LogP contribution in [0.25, 0.3) is 0 Å². The van der Waals surface area contributed by atoms with Crippen molar-refractivity contribution in [2.45, 2.75) is 19.4 Å². The van der Waals surface area contributed by atoms with Crippen molar-refractivity contribution in [1.82, 2.24) is 9.80 Å². The van der Waals surface area contributed by atoms with Crippen LogP contribution < -0.4 is 0 Å². The molecule has 1 saturated heterocycles. The van der Waals surface area contributed by atoms with E-state index in [2.05, 4.69) is 30.7 Å². The van der Waals surface area contributed by atoms with Gasteiger partial charge in [0.05, 0.1) is 5.56 Å². The number of hydrogen-bond donors (Lipinski definition) is 1. The molecule has 112 valence electrons. The first kappa shape index (κ1) is 15.6. The Morgan fingerprint density at radius 3 is 2.90 bits per heavy atom. The summed E-state index contributed by atoms with van der Waals surface area (Å²) in [5, 5.41) is 8.84. The molecule has 1 aliphatic rings. The fraction of sp³-hybridized carbons (Fsp3) is 0.471. The molecule has 1 aromatic carbocycles. The first-order valence-electron chi connectivity index (χ1n) is 7.31. The summed E-state index contributed by atoms with van der Waals surface area (Å²) in [4.78, 5) is 17.0. The lowest BCUT2D eigenvalue weighted by Gasteiger charge is -2.28. The SMILES string of the molecule is CC1CN(C)CCCN1C(=O)c1ccccc1C#CCO. The maximum atomic E-state index is 12.8. The van der Waals surface area contributed by atoms with Crippen molar-refractivity contribution < 1.29 is 9.90 Å². The van der Waals surface area contributed by atoms with E-state index in [1.165, 1.54) is 0 Å². The molecule has 4 heteroatoms. The van der Waals surface area contributed by atoms with Crippen molar-refractivity contribution in [3.05, 3.63) is 35.4 Å². The minimum absolute atomic E-state index is 0.0284. The largest absolute Gasteiger partial charge is 0.384 e. The van der Waals surface area contributed by atoms with E-state index in [0.29, 0.717) is 11.1 Å². The quantitative estimate of drug-likeness (QED) is 0.789. The number of aliphatic hydroxyl groups is 1. The summed E-state index contributed by atoms with van der Waals surface area (Å²) in [5.41, 5.74) is 1.30. The molecule has 0 radical (unpaired) electrons. The van der Waals surface area contributed by atoms with Gasteiger partial charge >= 0.3 is 0 Å². The third kappa shape index (κ3) is 3.84. The van der Waals surface area contributed by atoms with E-state index in [1.54, 1.807) is 0 Å². The van der Waals surface area contributed by atoms with Crippen molar-refractivity contribution in [3.8, 4) is 11.8 Å². The van der Waals surface area contributed by atoms with Crippen LogP contribution in [0.4, 0.5) is 0 Å². The van der Waals surface area contributed by atoms with Gasteiger partial charge in [0, 0.05) is 24.7 Å². The fourth-order valence-corrected chi connectivity index (χ4v) is 2.74. The van der Waals surface area contributed by atoms with Gasteiger partial charge in [0.15, 0.2) is 0 Å². The maximum Gasteiger partial charge on any atom is 0.255 e. The summed E-state index contributed by atoms with van der Waals surface area (Å²) in [6.07, 6.45) is 0.983. The summed E-state index contributed by atoms with van der Waals surface area (Å²) in [6.45, 7) is 4.55. The van der Waals surface area contributed by atoms with Crippen LogP contribution in [0.5, 0.6) is 0 Å². The molecular weight excluding hydrogens is 264 g/mol. The number of likely N-dealkylation sites (N-methyl/N-ethyl adjacent to an activating group) is 1. The zero-order valence-electron chi connectivity index (χ0n) is 12.7. The van der Waals surface area contributed by atoms with Crippen LogP contribution in [0.3, 0.4) is 0 Å². The molecule has 4 nitrogen and oxygen atoms in total. The molecule has 0 bridgehead atoms. The average Bonchev–Trinajstić information content (AvgIpc) is 2.65. The monoisotopic (exact) mass is 286 g/mol. The minimum atomic E-state index is -0.201. The average molecular weight is 286 g/mol. The van der Waals surface area contributed by atoms with Crippen LogP contribution in [0, 0.1) is 11.8 Å². The highest BCUT2D eigenvalue weighted by molar-refractivity contribution is 5.97. The number of carbonyl (C=O) groups excluding carboxylic acids is 1. The van der Waals surface area contributed by atoms with Gasteiger partial charge in [0.2, 0.25) is 0 Å². The molecule has 0 spiro atoms. The molecule has 0 aliphatic carbocycles. The highest BCUT2D eigenvalue weighted by Crippen LogP contribution is 2.16. The molecule has 1 heterocycles. The summed E-state index contributed by atoms with van der Waals surface area (Å²) < 4.78 is 0. The molecule has 1 aromatic rings. The van der Waals surface area contributed by atoms with E-state index in [1.807, 2.05) is 29.2 Å². The summed E-state index contributed by atoms with van der Waals surface area (Å²) in [6, 6.07) is 7.53. The Hall–Kier alpha value is -1.83. The van der Waals surface area contributed by atoms with Gasteiger partial charge in [-0.1, -0.05) is 24.0 Å². The highest BCUT2D eigenvalue weighted by Gasteiger charge is 2.25. The number of aliphatic hydroxyl groups excluding tert-OH is 1. The van der Waals surface area contributed by atoms with Crippen molar-refractivity contribution in [2.75, 3.05) is 33.3 Å². The van der Waals surface area contributed by atoms with Crippen LogP contribution in [0.2, 0.25) is 0 Å². The molecule has 0 aromatic heterocycles. The number of carbonyl (C=O) groups is 1. The van der Waals surface area contributed by atoms with Crippen LogP contribution in [-0.4, -0.2) is 60.1 Å². The number of rotatable bonds is 1. The zero-order chi connectivity index (χ0) is 15.2. The normalized spacial score (nSPS) is 19.6. The van der Waals surface area contributed by atoms with Gasteiger partial charge in [-0.15, -0.1) is 0 Å². The summed E-state index contributed by atoms with van der Waals surface area (Å²) in [5.74, 6) is 5.51. The molecule has 0 saturated carbocycles. The second-order valence-electron chi connectivity index (χ2n) is 5.47. The van der Waals surface area contributed by atoms with Gasteiger partial charge in [-0.2, -0.15) is 0 Å². The first-order valence-corrected chi connectivity index (χ1v) is 7.31. The molecule has 1 fully saturated rings. The van der Waals surface area contributed by atoms with Crippen molar-refractivity contribution in [3.63, 3.8) is 0 Å². The molecular formula is C17H22N2O2. The predicted octanol–water partition coefficient (Wildman–Crippen LogP) is 1.20. The van der Waals surface area contributed by atoms with Crippen LogP contribution in [0.1, 0.15) is 29.3 Å². The van der Waals surface area contributed by atoms with Crippen LogP contribution >= 0.6 is 0 Å². The third-order valence-electron chi connectivity index (χ3n) is 3.77. The van der Waals surface area contributed by atoms with E-state index in [-0.39, 0.29) is 18.6 Å². The fourth-order valence-electron chi connectivity index (χ4n) is 2.74. The second-order valence-corrected chi connectivity index (χ2v) is 5.47. The zero-order valence-corrected chi connectivity index (χ0v) is 12.7. The number of hydrogen-bond acceptors (Lipinski definition) is 3. The topological polar surface area (TPSA) is 43.8 Å². The molecule has 2 rings (SSSR count). The molecule has 1 atom stereocenters. The Labute approximate surface area is 126 Å². The van der Waals surface area contributed by atoms with Gasteiger partial charge in [0.1, 0.15) is 6.61 Å². The Balaban J connectivity index is 2.27. The van der Waals surface area contributed by atoms with E-state index in [9.17, 15) is 4.79 Å². The second kappa shape index (κ2) is 7.26. The lowest BCUT2D eigenvalue weighted by Crippen LogP contribution is -2.42. The number of amides is 1. The minimum Gasteiger partial charge on any atom is -0.384 e. The van der Waals surface area contributed by atoms with Crippen LogP contribution in [0.15, 0.2) is 24.3 Å². The van der Waals surface area contributed by atoms with Crippen molar-refractivity contribution >= 4 is 5.91 Å². The van der Waals surface area contributed by atoms with E-state index in [4.69, 9.17) is 5.11 Å². The molecule has 1 unspecified atom stereocenters. The van der Waals surface area contributed by atoms with Gasteiger partial charge in [0.25, 0.3) is 5.91 Å². The molecule has 1 amide bonds. The van der Waals surface area contributed by atoms with Crippen molar-refractivity contribution in [2.24, 2.45) is 0 Å².